The zero-order valence-electron chi connectivity index (χ0n) is 40.1. The number of aromatic amines is 2. The fourth-order valence-electron chi connectivity index (χ4n) is 11.0. The zero-order valence-corrected chi connectivity index (χ0v) is 40.1. The topological polar surface area (TPSA) is 106 Å². The third-order valence-electron chi connectivity index (χ3n) is 14.1. The maximum absolute atomic E-state index is 15.9. The highest BCUT2D eigenvalue weighted by atomic mass is 19.4. The molecule has 74 heavy (non-hydrogen) atoms. The van der Waals surface area contributed by atoms with Gasteiger partial charge in [-0.3, -0.25) is 19.2 Å². The minimum atomic E-state index is -5.64. The van der Waals surface area contributed by atoms with Gasteiger partial charge in [-0.1, -0.05) is 91.8 Å². The molecule has 384 valence electrons. The van der Waals surface area contributed by atoms with Crippen LogP contribution in [0.25, 0.3) is 54.4 Å². The molecular formula is C54H40F12N4O4. The highest BCUT2D eigenvalue weighted by Crippen LogP contribution is 2.55. The first-order valence-corrected chi connectivity index (χ1v) is 23.2. The zero-order chi connectivity index (χ0) is 54.1. The molecule has 4 amide bonds. The van der Waals surface area contributed by atoms with Crippen molar-refractivity contribution in [1.29, 1.82) is 0 Å². The standard InChI is InChI=1S/C54H40F12N4O4/c1-19(2)25-11-9-12-26(20(3)4)45(25)69-47(71)39-35-36-40(38-34-30(54(64,65)66)16-24(52(58,59)60)18-32(34)67-43(38)41(35)49(69)73)48(72)70(46-27(21(5)6)13-10-14-28(46)22(7)8)50(74)42(36)44-37(39)33-29(53(61,62)63)15-23(51(55,56)57)17-31(33)68-44/h9-22,67-68H,1-8H3. The van der Waals surface area contributed by atoms with E-state index in [2.05, 4.69) is 9.97 Å². The maximum atomic E-state index is 15.9. The number of halogens is 12. The second-order valence-corrected chi connectivity index (χ2v) is 20.0. The Bertz CT molecular complexity index is 3550. The first-order valence-electron chi connectivity index (χ1n) is 23.2. The van der Waals surface area contributed by atoms with Crippen LogP contribution in [0, 0.1) is 0 Å². The molecule has 8 aromatic rings. The smallest absolute Gasteiger partial charge is 0.354 e. The van der Waals surface area contributed by atoms with Gasteiger partial charge in [-0.2, -0.15) is 52.7 Å². The third kappa shape index (κ3) is 7.05. The number of anilines is 2. The molecule has 0 radical (unpaired) electrons. The quantitative estimate of drug-likeness (QED) is 0.128. The van der Waals surface area contributed by atoms with E-state index in [0.29, 0.717) is 44.2 Å². The van der Waals surface area contributed by atoms with Crippen LogP contribution >= 0.6 is 0 Å². The number of rotatable bonds is 6. The van der Waals surface area contributed by atoms with E-state index < -0.39 is 171 Å². The minimum Gasteiger partial charge on any atom is -0.354 e. The van der Waals surface area contributed by atoms with Gasteiger partial charge in [0.2, 0.25) is 0 Å². The molecule has 10 rings (SSSR count). The lowest BCUT2D eigenvalue weighted by Crippen LogP contribution is -2.45. The summed E-state index contributed by atoms with van der Waals surface area (Å²) in [6.07, 6.45) is -22.1. The third-order valence-corrected chi connectivity index (χ3v) is 14.1. The van der Waals surface area contributed by atoms with Crippen LogP contribution in [0.4, 0.5) is 64.1 Å². The molecule has 4 heterocycles. The molecule has 0 saturated heterocycles. The van der Waals surface area contributed by atoms with Crippen molar-refractivity contribution in [2.75, 3.05) is 9.80 Å². The summed E-state index contributed by atoms with van der Waals surface area (Å²) in [4.78, 5) is 69.9. The van der Waals surface area contributed by atoms with Gasteiger partial charge in [0, 0.05) is 43.4 Å². The van der Waals surface area contributed by atoms with Crippen LogP contribution in [0.15, 0.2) is 60.7 Å². The summed E-state index contributed by atoms with van der Waals surface area (Å²) < 4.78 is 181. The molecule has 0 aliphatic carbocycles. The van der Waals surface area contributed by atoms with Crippen LogP contribution in [-0.4, -0.2) is 33.6 Å². The van der Waals surface area contributed by atoms with Crippen LogP contribution in [0.3, 0.4) is 0 Å². The van der Waals surface area contributed by atoms with E-state index in [4.69, 9.17) is 0 Å². The number of aromatic nitrogens is 2. The van der Waals surface area contributed by atoms with Crippen LogP contribution < -0.4 is 9.80 Å². The van der Waals surface area contributed by atoms with E-state index >= 15 is 45.5 Å². The Labute approximate surface area is 411 Å². The number of hydrogen-bond acceptors (Lipinski definition) is 4. The number of hydrogen-bond donors (Lipinski definition) is 2. The fourth-order valence-corrected chi connectivity index (χ4v) is 11.0. The SMILES string of the molecule is CC(C)c1cccc(C(C)C)c1N1C(=O)c2c3[nH]c4cc(C(F)(F)F)cc(C(F)(F)F)c4c3c3c4c(c5[nH]c6cc(C(F)(F)F)cc(C(F)(F)F)c6c5c(c24)C1=O)C(=O)N(c1c(C(C)C)cccc1C(C)C)C3=O. The van der Waals surface area contributed by atoms with E-state index in [0.717, 1.165) is 0 Å². The average Bonchev–Trinajstić information content (AvgIpc) is 3.86. The molecule has 6 aromatic carbocycles. The molecule has 8 nitrogen and oxygen atoms in total. The number of fused-ring (bicyclic) bond motifs is 10. The van der Waals surface area contributed by atoms with E-state index in [1.54, 1.807) is 91.8 Å². The van der Waals surface area contributed by atoms with E-state index in [1.807, 2.05) is 0 Å². The summed E-state index contributed by atoms with van der Waals surface area (Å²) >= 11 is 0. The number of amides is 4. The number of para-hydroxylation sites is 2. The van der Waals surface area contributed by atoms with Crippen LogP contribution in [0.5, 0.6) is 0 Å². The normalized spacial score (nSPS) is 15.0. The largest absolute Gasteiger partial charge is 0.417 e. The van der Waals surface area contributed by atoms with E-state index in [1.165, 1.54) is 0 Å². The summed E-state index contributed by atoms with van der Waals surface area (Å²) in [5, 5.41) is -5.30. The second-order valence-electron chi connectivity index (χ2n) is 20.0. The first-order chi connectivity index (χ1) is 34.3. The van der Waals surface area contributed by atoms with Gasteiger partial charge in [0.15, 0.2) is 0 Å². The molecule has 0 saturated carbocycles. The summed E-state index contributed by atoms with van der Waals surface area (Å²) in [7, 11) is 0. The first kappa shape index (κ1) is 50.2. The van der Waals surface area contributed by atoms with E-state index in [-0.39, 0.29) is 23.5 Å². The van der Waals surface area contributed by atoms with Gasteiger partial charge in [0.05, 0.1) is 66.9 Å². The minimum absolute atomic E-state index is 0.112. The van der Waals surface area contributed by atoms with Gasteiger partial charge >= 0.3 is 24.7 Å². The number of alkyl halides is 12. The van der Waals surface area contributed by atoms with Crippen molar-refractivity contribution in [1.82, 2.24) is 9.97 Å². The molecule has 0 bridgehead atoms. The second kappa shape index (κ2) is 16.1. The number of carbonyl (C=O) groups excluding carboxylic acids is 4. The number of carbonyl (C=O) groups is 4. The lowest BCUT2D eigenvalue weighted by Gasteiger charge is -2.36. The predicted octanol–water partition coefficient (Wildman–Crippen LogP) is 16.3. The monoisotopic (exact) mass is 1040 g/mol. The van der Waals surface area contributed by atoms with Crippen LogP contribution in [0.2, 0.25) is 0 Å². The molecule has 0 unspecified atom stereocenters. The molecule has 2 aliphatic heterocycles. The average molecular weight is 1040 g/mol. The van der Waals surface area contributed by atoms with Gasteiger partial charge in [-0.15, -0.1) is 0 Å². The molecular weight excluding hydrogens is 997 g/mol. The van der Waals surface area contributed by atoms with Gasteiger partial charge in [0.25, 0.3) is 23.6 Å². The Morgan fingerprint density at radius 1 is 0.378 bits per heavy atom. The van der Waals surface area contributed by atoms with Gasteiger partial charge in [-0.25, -0.2) is 9.80 Å². The number of imide groups is 2. The number of H-pyrrole nitrogens is 2. The van der Waals surface area contributed by atoms with Crippen molar-refractivity contribution in [2.24, 2.45) is 0 Å². The summed E-state index contributed by atoms with van der Waals surface area (Å²) in [6.45, 7) is 13.5. The van der Waals surface area contributed by atoms with Crippen molar-refractivity contribution in [3.05, 3.63) is 127 Å². The Hall–Kier alpha value is -7.38. The highest BCUT2D eigenvalue weighted by Gasteiger charge is 2.50. The summed E-state index contributed by atoms with van der Waals surface area (Å²) in [6, 6.07) is 9.67. The van der Waals surface area contributed by atoms with Crippen molar-refractivity contribution in [2.45, 2.75) is 104 Å². The Balaban J connectivity index is 1.56. The number of nitrogens with zero attached hydrogens (tertiary/aromatic N) is 2. The number of benzene rings is 6. The highest BCUT2D eigenvalue weighted by molar-refractivity contribution is 6.52. The molecule has 20 heteroatoms. The lowest BCUT2D eigenvalue weighted by molar-refractivity contribution is -0.143. The van der Waals surface area contributed by atoms with Crippen molar-refractivity contribution >= 4 is 89.4 Å². The predicted molar refractivity (Wildman–Crippen MR) is 254 cm³/mol. The van der Waals surface area contributed by atoms with Gasteiger partial charge < -0.3 is 9.97 Å². The molecule has 0 fully saturated rings. The van der Waals surface area contributed by atoms with Crippen LogP contribution in [0.1, 0.15) is 165 Å². The fraction of sp³-hybridized carbons (Fsp3) is 0.296. The number of nitrogens with one attached hydrogen (secondary N) is 2. The summed E-state index contributed by atoms with van der Waals surface area (Å²) in [5.41, 5.74) is -13.2. The Morgan fingerprint density at radius 3 is 0.919 bits per heavy atom. The van der Waals surface area contributed by atoms with Gasteiger partial charge in [0.1, 0.15) is 0 Å². The van der Waals surface area contributed by atoms with Crippen LogP contribution in [-0.2, 0) is 24.7 Å². The summed E-state index contributed by atoms with van der Waals surface area (Å²) in [5.74, 6) is -7.62. The molecule has 2 aliphatic rings. The maximum Gasteiger partial charge on any atom is 0.417 e. The lowest BCUT2D eigenvalue weighted by atomic mass is 9.79. The molecule has 2 N–H and O–H groups in total. The van der Waals surface area contributed by atoms with Crippen molar-refractivity contribution in [3.8, 4) is 0 Å². The van der Waals surface area contributed by atoms with E-state index in [9.17, 15) is 26.3 Å². The van der Waals surface area contributed by atoms with Crippen molar-refractivity contribution in [3.63, 3.8) is 0 Å². The molecule has 0 spiro atoms. The Morgan fingerprint density at radius 2 is 0.662 bits per heavy atom. The van der Waals surface area contributed by atoms with Crippen molar-refractivity contribution < 1.29 is 71.9 Å². The Kier molecular flexibility index (Phi) is 10.9. The molecule has 2 aromatic heterocycles. The van der Waals surface area contributed by atoms with Gasteiger partial charge in [-0.05, 0) is 70.2 Å². The molecule has 0 atom stereocenters.